The monoisotopic (exact) mass is 329 g/mol. The van der Waals surface area contributed by atoms with Gasteiger partial charge in [0.2, 0.25) is 5.91 Å². The number of rotatable bonds is 8. The van der Waals surface area contributed by atoms with Gasteiger partial charge in [0.1, 0.15) is 5.69 Å². The standard InChI is InChI=1S/C13H19N3O5S/c1-3-4-13(17)15-8-7-14-11-6-5-10(22(2,20)21)9-12(11)16(18)19/h5-6,9,14H,3-4,7-8H2,1-2H3,(H,15,17). The number of hydrogen-bond donors (Lipinski definition) is 2. The third kappa shape index (κ3) is 5.32. The van der Waals surface area contributed by atoms with Crippen molar-refractivity contribution in [1.82, 2.24) is 5.32 Å². The fourth-order valence-corrected chi connectivity index (χ4v) is 2.40. The quantitative estimate of drug-likeness (QED) is 0.422. The minimum Gasteiger partial charge on any atom is -0.378 e. The molecule has 0 radical (unpaired) electrons. The first-order chi connectivity index (χ1) is 10.3. The van der Waals surface area contributed by atoms with Gasteiger partial charge < -0.3 is 10.6 Å². The first kappa shape index (κ1) is 17.9. The summed E-state index contributed by atoms with van der Waals surface area (Å²) in [6.07, 6.45) is 2.17. The fraction of sp³-hybridized carbons (Fsp3) is 0.462. The smallest absolute Gasteiger partial charge is 0.293 e. The Hall–Kier alpha value is -2.16. The minimum atomic E-state index is -3.51. The number of sulfone groups is 1. The molecule has 0 saturated carbocycles. The van der Waals surface area contributed by atoms with Crippen molar-refractivity contribution in [3.05, 3.63) is 28.3 Å². The molecular weight excluding hydrogens is 310 g/mol. The SMILES string of the molecule is CCCC(=O)NCCNc1ccc(S(C)(=O)=O)cc1[N+](=O)[O-]. The first-order valence-corrected chi connectivity index (χ1v) is 8.64. The molecule has 0 saturated heterocycles. The fourth-order valence-electron chi connectivity index (χ4n) is 1.76. The molecule has 8 nitrogen and oxygen atoms in total. The Kier molecular flexibility index (Phi) is 6.29. The van der Waals surface area contributed by atoms with Gasteiger partial charge in [-0.15, -0.1) is 0 Å². The van der Waals surface area contributed by atoms with Crippen LogP contribution in [0, 0.1) is 10.1 Å². The Labute approximate surface area is 129 Å². The molecule has 1 aromatic rings. The predicted octanol–water partition coefficient (Wildman–Crippen LogP) is 1.33. The van der Waals surface area contributed by atoms with Crippen LogP contribution in [0.3, 0.4) is 0 Å². The number of nitrogens with zero attached hydrogens (tertiary/aromatic N) is 1. The molecule has 0 unspecified atom stereocenters. The predicted molar refractivity (Wildman–Crippen MR) is 82.6 cm³/mol. The number of nitrogens with one attached hydrogen (secondary N) is 2. The topological polar surface area (TPSA) is 118 Å². The van der Waals surface area contributed by atoms with Gasteiger partial charge in [-0.3, -0.25) is 14.9 Å². The lowest BCUT2D eigenvalue weighted by Gasteiger charge is -2.09. The Morgan fingerprint density at radius 1 is 1.32 bits per heavy atom. The van der Waals surface area contributed by atoms with Crippen LogP contribution in [0.15, 0.2) is 23.1 Å². The van der Waals surface area contributed by atoms with Gasteiger partial charge in [0.25, 0.3) is 5.69 Å². The van der Waals surface area contributed by atoms with Crippen molar-refractivity contribution >= 4 is 27.1 Å². The van der Waals surface area contributed by atoms with Gasteiger partial charge in [-0.2, -0.15) is 0 Å². The molecule has 2 N–H and O–H groups in total. The van der Waals surface area contributed by atoms with E-state index < -0.39 is 14.8 Å². The normalized spacial score (nSPS) is 11.0. The van der Waals surface area contributed by atoms with Crippen LogP contribution in [0.1, 0.15) is 19.8 Å². The van der Waals surface area contributed by atoms with Crippen molar-refractivity contribution < 1.29 is 18.1 Å². The van der Waals surface area contributed by atoms with Crippen LogP contribution in [0.4, 0.5) is 11.4 Å². The maximum absolute atomic E-state index is 11.4. The molecule has 0 aliphatic rings. The number of carbonyl (C=O) groups is 1. The number of nitro groups is 1. The van der Waals surface area contributed by atoms with E-state index in [4.69, 9.17) is 0 Å². The number of hydrogen-bond acceptors (Lipinski definition) is 6. The molecule has 0 aliphatic carbocycles. The molecule has 0 atom stereocenters. The van der Waals surface area contributed by atoms with E-state index in [-0.39, 0.29) is 22.2 Å². The highest BCUT2D eigenvalue weighted by molar-refractivity contribution is 7.90. The Bertz CT molecular complexity index is 658. The van der Waals surface area contributed by atoms with E-state index in [1.807, 2.05) is 6.92 Å². The van der Waals surface area contributed by atoms with Crippen molar-refractivity contribution in [1.29, 1.82) is 0 Å². The number of amides is 1. The molecule has 22 heavy (non-hydrogen) atoms. The largest absolute Gasteiger partial charge is 0.378 e. The van der Waals surface area contributed by atoms with Crippen LogP contribution < -0.4 is 10.6 Å². The Morgan fingerprint density at radius 2 is 2.00 bits per heavy atom. The van der Waals surface area contributed by atoms with Crippen LogP contribution in [-0.4, -0.2) is 38.6 Å². The maximum atomic E-state index is 11.4. The average Bonchev–Trinajstić information content (AvgIpc) is 2.42. The summed E-state index contributed by atoms with van der Waals surface area (Å²) in [7, 11) is -3.51. The van der Waals surface area contributed by atoms with Crippen LogP contribution in [0.2, 0.25) is 0 Å². The van der Waals surface area contributed by atoms with Gasteiger partial charge in [-0.25, -0.2) is 8.42 Å². The van der Waals surface area contributed by atoms with Gasteiger partial charge in [0.15, 0.2) is 9.84 Å². The summed E-state index contributed by atoms with van der Waals surface area (Å²) >= 11 is 0. The highest BCUT2D eigenvalue weighted by atomic mass is 32.2. The lowest BCUT2D eigenvalue weighted by atomic mass is 10.2. The van der Waals surface area contributed by atoms with Crippen molar-refractivity contribution in [2.75, 3.05) is 24.7 Å². The van der Waals surface area contributed by atoms with Crippen molar-refractivity contribution in [3.8, 4) is 0 Å². The lowest BCUT2D eigenvalue weighted by molar-refractivity contribution is -0.384. The molecule has 0 bridgehead atoms. The van der Waals surface area contributed by atoms with Crippen LogP contribution in [0.5, 0.6) is 0 Å². The molecule has 0 heterocycles. The highest BCUT2D eigenvalue weighted by Gasteiger charge is 2.18. The molecule has 9 heteroatoms. The Morgan fingerprint density at radius 3 is 2.55 bits per heavy atom. The van der Waals surface area contributed by atoms with Gasteiger partial charge in [-0.05, 0) is 18.6 Å². The van der Waals surface area contributed by atoms with E-state index in [1.165, 1.54) is 12.1 Å². The third-order valence-corrected chi connectivity index (χ3v) is 3.94. The summed E-state index contributed by atoms with van der Waals surface area (Å²) in [5.74, 6) is -0.0776. The van der Waals surface area contributed by atoms with E-state index in [0.29, 0.717) is 19.5 Å². The van der Waals surface area contributed by atoms with Crippen LogP contribution in [0.25, 0.3) is 0 Å². The average molecular weight is 329 g/mol. The van der Waals surface area contributed by atoms with Gasteiger partial charge >= 0.3 is 0 Å². The zero-order valence-corrected chi connectivity index (χ0v) is 13.3. The summed E-state index contributed by atoms with van der Waals surface area (Å²) in [6, 6.07) is 3.68. The summed E-state index contributed by atoms with van der Waals surface area (Å²) in [6.45, 7) is 2.52. The zero-order valence-electron chi connectivity index (χ0n) is 12.5. The summed E-state index contributed by atoms with van der Waals surface area (Å²) < 4.78 is 22.9. The van der Waals surface area contributed by atoms with E-state index in [0.717, 1.165) is 18.7 Å². The second kappa shape index (κ2) is 7.74. The first-order valence-electron chi connectivity index (χ1n) is 6.74. The van der Waals surface area contributed by atoms with Gasteiger partial charge in [0, 0.05) is 31.8 Å². The number of anilines is 1. The molecule has 0 spiro atoms. The maximum Gasteiger partial charge on any atom is 0.293 e. The second-order valence-corrected chi connectivity index (χ2v) is 6.75. The molecular formula is C13H19N3O5S. The number of benzene rings is 1. The van der Waals surface area contributed by atoms with Crippen LogP contribution in [-0.2, 0) is 14.6 Å². The lowest BCUT2D eigenvalue weighted by Crippen LogP contribution is -2.28. The van der Waals surface area contributed by atoms with Gasteiger partial charge in [0.05, 0.1) is 9.82 Å². The highest BCUT2D eigenvalue weighted by Crippen LogP contribution is 2.27. The summed E-state index contributed by atoms with van der Waals surface area (Å²) in [5, 5.41) is 16.5. The van der Waals surface area contributed by atoms with E-state index in [9.17, 15) is 23.3 Å². The molecule has 0 fully saturated rings. The van der Waals surface area contributed by atoms with Crippen LogP contribution >= 0.6 is 0 Å². The molecule has 0 aliphatic heterocycles. The Balaban J connectivity index is 2.75. The molecule has 0 aromatic heterocycles. The number of nitro benzene ring substituents is 1. The molecule has 122 valence electrons. The molecule has 1 rings (SSSR count). The number of carbonyl (C=O) groups excluding carboxylic acids is 1. The van der Waals surface area contributed by atoms with Crippen molar-refractivity contribution in [3.63, 3.8) is 0 Å². The summed E-state index contributed by atoms with van der Waals surface area (Å²) in [4.78, 5) is 21.5. The summed E-state index contributed by atoms with van der Waals surface area (Å²) in [5.41, 5.74) is -0.107. The van der Waals surface area contributed by atoms with Gasteiger partial charge in [-0.1, -0.05) is 6.92 Å². The van der Waals surface area contributed by atoms with Crippen molar-refractivity contribution in [2.45, 2.75) is 24.7 Å². The molecule has 1 amide bonds. The van der Waals surface area contributed by atoms with Crippen molar-refractivity contribution in [2.24, 2.45) is 0 Å². The third-order valence-electron chi connectivity index (χ3n) is 2.83. The second-order valence-electron chi connectivity index (χ2n) is 4.73. The minimum absolute atomic E-state index is 0.0776. The molecule has 1 aromatic carbocycles. The van der Waals surface area contributed by atoms with E-state index in [2.05, 4.69) is 10.6 Å². The zero-order chi connectivity index (χ0) is 16.8. The van der Waals surface area contributed by atoms with E-state index >= 15 is 0 Å². The van der Waals surface area contributed by atoms with E-state index in [1.54, 1.807) is 0 Å².